The molecule has 0 saturated heterocycles. The Morgan fingerprint density at radius 3 is 2.43 bits per heavy atom. The van der Waals surface area contributed by atoms with Crippen LogP contribution >= 0.6 is 31.9 Å². The van der Waals surface area contributed by atoms with Crippen LogP contribution in [0.1, 0.15) is 31.2 Å². The van der Waals surface area contributed by atoms with E-state index >= 15 is 0 Å². The van der Waals surface area contributed by atoms with Crippen LogP contribution in [0.15, 0.2) is 26.0 Å². The molecule has 0 atom stereocenters. The standard InChI is InChI=1S/C13H15Br2NO4S/c1-8-5-10(15)11(6-9(8)14)21(19,20)16-13(3-2-4-13)7-12(17)18/h5-6,16H,2-4,7H2,1H3,(H,17,18). The number of rotatable bonds is 5. The third-order valence-electron chi connectivity index (χ3n) is 3.65. The molecule has 0 aliphatic heterocycles. The average molecular weight is 441 g/mol. The predicted octanol–water partition coefficient (Wildman–Crippen LogP) is 3.20. The van der Waals surface area contributed by atoms with Gasteiger partial charge >= 0.3 is 5.97 Å². The normalized spacial score (nSPS) is 17.3. The largest absolute Gasteiger partial charge is 0.481 e. The Labute approximate surface area is 140 Å². The molecule has 2 rings (SSSR count). The number of aliphatic carboxylic acids is 1. The topological polar surface area (TPSA) is 83.5 Å². The SMILES string of the molecule is Cc1cc(Br)c(S(=O)(=O)NC2(CC(=O)O)CCC2)cc1Br. The Bertz CT molecular complexity index is 684. The molecule has 0 aromatic heterocycles. The van der Waals surface area contributed by atoms with E-state index in [1.807, 2.05) is 6.92 Å². The van der Waals surface area contributed by atoms with Gasteiger partial charge < -0.3 is 5.11 Å². The minimum absolute atomic E-state index is 0.108. The molecule has 0 radical (unpaired) electrons. The summed E-state index contributed by atoms with van der Waals surface area (Å²) in [7, 11) is -3.78. The van der Waals surface area contributed by atoms with Gasteiger partial charge in [-0.3, -0.25) is 4.79 Å². The highest BCUT2D eigenvalue weighted by Crippen LogP contribution is 2.37. The first-order valence-corrected chi connectivity index (χ1v) is 9.44. The van der Waals surface area contributed by atoms with Crippen LogP contribution in [0.3, 0.4) is 0 Å². The number of halogens is 2. The molecule has 2 N–H and O–H groups in total. The minimum Gasteiger partial charge on any atom is -0.481 e. The zero-order chi connectivity index (χ0) is 15.8. The summed E-state index contributed by atoms with van der Waals surface area (Å²) in [6.07, 6.45) is 1.72. The van der Waals surface area contributed by atoms with E-state index in [2.05, 4.69) is 36.6 Å². The van der Waals surface area contributed by atoms with Crippen molar-refractivity contribution in [3.8, 4) is 0 Å². The second kappa shape index (κ2) is 5.98. The van der Waals surface area contributed by atoms with E-state index in [4.69, 9.17) is 5.11 Å². The second-order valence-electron chi connectivity index (χ2n) is 5.34. The Morgan fingerprint density at radius 1 is 1.33 bits per heavy atom. The van der Waals surface area contributed by atoms with Gasteiger partial charge in [0.1, 0.15) is 0 Å². The lowest BCUT2D eigenvalue weighted by Gasteiger charge is -2.41. The van der Waals surface area contributed by atoms with Gasteiger partial charge in [0.15, 0.2) is 0 Å². The van der Waals surface area contributed by atoms with Gasteiger partial charge in [0.05, 0.1) is 11.3 Å². The first-order chi connectivity index (χ1) is 9.65. The minimum atomic E-state index is -3.78. The van der Waals surface area contributed by atoms with Gasteiger partial charge in [0.25, 0.3) is 0 Å². The number of carboxylic acids is 1. The maximum absolute atomic E-state index is 12.6. The van der Waals surface area contributed by atoms with Crippen molar-refractivity contribution in [2.75, 3.05) is 0 Å². The summed E-state index contributed by atoms with van der Waals surface area (Å²) in [5.74, 6) is -0.999. The summed E-state index contributed by atoms with van der Waals surface area (Å²) < 4.78 is 28.8. The number of hydrogen-bond donors (Lipinski definition) is 2. The van der Waals surface area contributed by atoms with Crippen molar-refractivity contribution in [1.82, 2.24) is 4.72 Å². The van der Waals surface area contributed by atoms with Crippen LogP contribution in [0.4, 0.5) is 0 Å². The highest BCUT2D eigenvalue weighted by molar-refractivity contribution is 9.11. The fraction of sp³-hybridized carbons (Fsp3) is 0.462. The van der Waals surface area contributed by atoms with Crippen molar-refractivity contribution in [1.29, 1.82) is 0 Å². The summed E-state index contributed by atoms with van der Waals surface area (Å²) in [4.78, 5) is 11.1. The number of carbonyl (C=O) groups is 1. The van der Waals surface area contributed by atoms with E-state index in [1.54, 1.807) is 6.07 Å². The molecule has 1 aromatic rings. The van der Waals surface area contributed by atoms with Gasteiger partial charge in [-0.25, -0.2) is 13.1 Å². The Hall–Kier alpha value is -0.440. The van der Waals surface area contributed by atoms with Crippen LogP contribution < -0.4 is 4.72 Å². The van der Waals surface area contributed by atoms with E-state index in [9.17, 15) is 13.2 Å². The number of sulfonamides is 1. The second-order valence-corrected chi connectivity index (χ2v) is 8.70. The molecular weight excluding hydrogens is 426 g/mol. The van der Waals surface area contributed by atoms with E-state index < -0.39 is 21.5 Å². The van der Waals surface area contributed by atoms with Crippen molar-refractivity contribution in [3.63, 3.8) is 0 Å². The molecule has 1 fully saturated rings. The molecule has 116 valence electrons. The van der Waals surface area contributed by atoms with Crippen LogP contribution in [-0.4, -0.2) is 25.0 Å². The van der Waals surface area contributed by atoms with Gasteiger partial charge in [0, 0.05) is 14.5 Å². The molecule has 0 heterocycles. The average Bonchev–Trinajstić information content (AvgIpc) is 2.29. The van der Waals surface area contributed by atoms with Crippen LogP contribution in [0.2, 0.25) is 0 Å². The molecule has 1 saturated carbocycles. The maximum Gasteiger partial charge on any atom is 0.305 e. The molecule has 8 heteroatoms. The third-order valence-corrected chi connectivity index (χ3v) is 7.05. The fourth-order valence-electron chi connectivity index (χ4n) is 2.38. The smallest absolute Gasteiger partial charge is 0.305 e. The van der Waals surface area contributed by atoms with Crippen LogP contribution in [-0.2, 0) is 14.8 Å². The van der Waals surface area contributed by atoms with Gasteiger partial charge in [-0.05, 0) is 59.8 Å². The van der Waals surface area contributed by atoms with Crippen molar-refractivity contribution >= 4 is 47.9 Å². The van der Waals surface area contributed by atoms with Gasteiger partial charge in [-0.2, -0.15) is 0 Å². The highest BCUT2D eigenvalue weighted by atomic mass is 79.9. The van der Waals surface area contributed by atoms with Crippen LogP contribution in [0, 0.1) is 6.92 Å². The Kier molecular flexibility index (Phi) is 4.82. The Balaban J connectivity index is 2.34. The first kappa shape index (κ1) is 16.9. The van der Waals surface area contributed by atoms with Crippen LogP contribution in [0.5, 0.6) is 0 Å². The third kappa shape index (κ3) is 3.67. The van der Waals surface area contributed by atoms with Gasteiger partial charge in [-0.1, -0.05) is 15.9 Å². The Morgan fingerprint density at radius 2 is 1.95 bits per heavy atom. The first-order valence-electron chi connectivity index (χ1n) is 6.37. The van der Waals surface area contributed by atoms with Crippen molar-refractivity contribution in [2.45, 2.75) is 43.0 Å². The molecule has 1 aliphatic rings. The maximum atomic E-state index is 12.6. The lowest BCUT2D eigenvalue weighted by Crippen LogP contribution is -2.54. The van der Waals surface area contributed by atoms with E-state index in [-0.39, 0.29) is 11.3 Å². The number of nitrogens with one attached hydrogen (secondary N) is 1. The molecule has 5 nitrogen and oxygen atoms in total. The van der Waals surface area contributed by atoms with Crippen LogP contribution in [0.25, 0.3) is 0 Å². The lowest BCUT2D eigenvalue weighted by molar-refractivity contribution is -0.139. The summed E-state index contributed by atoms with van der Waals surface area (Å²) >= 11 is 6.58. The summed E-state index contributed by atoms with van der Waals surface area (Å²) in [6.45, 7) is 1.86. The molecule has 0 spiro atoms. The molecule has 21 heavy (non-hydrogen) atoms. The quantitative estimate of drug-likeness (QED) is 0.736. The summed E-state index contributed by atoms with van der Waals surface area (Å²) in [5.41, 5.74) is 0.0475. The van der Waals surface area contributed by atoms with Gasteiger partial charge in [-0.15, -0.1) is 0 Å². The number of benzene rings is 1. The number of carboxylic acid groups (broad SMARTS) is 1. The van der Waals surface area contributed by atoms with Crippen molar-refractivity contribution < 1.29 is 18.3 Å². The fourth-order valence-corrected chi connectivity index (χ4v) is 5.52. The monoisotopic (exact) mass is 439 g/mol. The molecule has 1 aliphatic carbocycles. The van der Waals surface area contributed by atoms with E-state index in [0.717, 1.165) is 12.0 Å². The summed E-state index contributed by atoms with van der Waals surface area (Å²) in [5, 5.41) is 8.97. The predicted molar refractivity (Wildman–Crippen MR) is 85.7 cm³/mol. The molecule has 0 amide bonds. The van der Waals surface area contributed by atoms with Crippen molar-refractivity contribution in [3.05, 3.63) is 26.6 Å². The number of aryl methyl sites for hydroxylation is 1. The van der Waals surface area contributed by atoms with E-state index in [1.165, 1.54) is 6.07 Å². The highest BCUT2D eigenvalue weighted by Gasteiger charge is 2.42. The molecule has 0 bridgehead atoms. The van der Waals surface area contributed by atoms with Gasteiger partial charge in [0.2, 0.25) is 10.0 Å². The zero-order valence-electron chi connectivity index (χ0n) is 11.3. The lowest BCUT2D eigenvalue weighted by atomic mass is 9.75. The molecular formula is C13H15Br2NO4S. The molecule has 0 unspecified atom stereocenters. The molecule has 1 aromatic carbocycles. The van der Waals surface area contributed by atoms with E-state index in [0.29, 0.717) is 21.8 Å². The summed E-state index contributed by atoms with van der Waals surface area (Å²) in [6, 6.07) is 3.23. The zero-order valence-corrected chi connectivity index (χ0v) is 15.3. The van der Waals surface area contributed by atoms with Crippen molar-refractivity contribution in [2.24, 2.45) is 0 Å². The number of hydrogen-bond acceptors (Lipinski definition) is 3.